The van der Waals surface area contributed by atoms with Crippen LogP contribution in [-0.4, -0.2) is 36.5 Å². The number of nitrogens with one attached hydrogen (secondary N) is 1. The highest BCUT2D eigenvalue weighted by atomic mass is 16.2. The molecule has 0 spiro atoms. The molecule has 0 aromatic rings. The van der Waals surface area contributed by atoms with Crippen molar-refractivity contribution in [3.63, 3.8) is 0 Å². The Hall–Kier alpha value is -0.570. The van der Waals surface area contributed by atoms with Crippen molar-refractivity contribution in [3.05, 3.63) is 0 Å². The molecule has 92 valence electrons. The van der Waals surface area contributed by atoms with Crippen molar-refractivity contribution >= 4 is 5.91 Å². The second kappa shape index (κ2) is 5.17. The first-order chi connectivity index (χ1) is 7.69. The summed E-state index contributed by atoms with van der Waals surface area (Å²) in [5.41, 5.74) is 0. The van der Waals surface area contributed by atoms with E-state index in [9.17, 15) is 4.79 Å². The van der Waals surface area contributed by atoms with Crippen LogP contribution in [0.1, 0.15) is 45.4 Å². The predicted octanol–water partition coefficient (Wildman–Crippen LogP) is 1.78. The number of piperidine rings is 1. The third-order valence-electron chi connectivity index (χ3n) is 3.99. The van der Waals surface area contributed by atoms with E-state index < -0.39 is 0 Å². The summed E-state index contributed by atoms with van der Waals surface area (Å²) in [6.45, 7) is 3.03. The minimum absolute atomic E-state index is 0.313. The molecule has 3 nitrogen and oxygen atoms in total. The Labute approximate surface area is 98.6 Å². The topological polar surface area (TPSA) is 32.3 Å². The van der Waals surface area contributed by atoms with Gasteiger partial charge in [0, 0.05) is 32.1 Å². The second-order valence-corrected chi connectivity index (χ2v) is 5.50. The van der Waals surface area contributed by atoms with Crippen molar-refractivity contribution in [2.75, 3.05) is 13.6 Å². The van der Waals surface area contributed by atoms with Gasteiger partial charge in [-0.25, -0.2) is 0 Å². The summed E-state index contributed by atoms with van der Waals surface area (Å²) in [6.07, 6.45) is 6.87. The Morgan fingerprint density at radius 2 is 1.94 bits per heavy atom. The van der Waals surface area contributed by atoms with Crippen LogP contribution < -0.4 is 5.32 Å². The smallest absolute Gasteiger partial charge is 0.222 e. The minimum atomic E-state index is 0.313. The van der Waals surface area contributed by atoms with Crippen LogP contribution in [0.3, 0.4) is 0 Å². The van der Waals surface area contributed by atoms with Gasteiger partial charge in [0.05, 0.1) is 0 Å². The summed E-state index contributed by atoms with van der Waals surface area (Å²) >= 11 is 0. The molecule has 2 aliphatic heterocycles. The molecular weight excluding hydrogens is 200 g/mol. The predicted molar refractivity (Wildman–Crippen MR) is 65.2 cm³/mol. The highest BCUT2D eigenvalue weighted by Gasteiger charge is 2.33. The molecule has 2 fully saturated rings. The number of hydrogen-bond acceptors (Lipinski definition) is 2. The van der Waals surface area contributed by atoms with E-state index in [2.05, 4.69) is 12.2 Å². The molecule has 0 aromatic carbocycles. The van der Waals surface area contributed by atoms with Crippen LogP contribution in [0.5, 0.6) is 0 Å². The number of hydrogen-bond donors (Lipinski definition) is 1. The van der Waals surface area contributed by atoms with Crippen molar-refractivity contribution in [2.45, 2.75) is 57.5 Å². The van der Waals surface area contributed by atoms with E-state index in [1.54, 1.807) is 0 Å². The Balaban J connectivity index is 1.79. The van der Waals surface area contributed by atoms with Crippen LogP contribution in [-0.2, 0) is 4.79 Å². The number of carbonyl (C=O) groups is 1. The molecule has 0 aromatic heterocycles. The highest BCUT2D eigenvalue weighted by Crippen LogP contribution is 2.31. The fraction of sp³-hybridized carbons (Fsp3) is 0.923. The molecule has 2 aliphatic rings. The molecule has 2 heterocycles. The molecule has 2 atom stereocenters. The third-order valence-corrected chi connectivity index (χ3v) is 3.99. The van der Waals surface area contributed by atoms with E-state index in [0.717, 1.165) is 31.0 Å². The Kier molecular flexibility index (Phi) is 3.85. The van der Waals surface area contributed by atoms with Crippen LogP contribution in [0.2, 0.25) is 0 Å². The highest BCUT2D eigenvalue weighted by molar-refractivity contribution is 5.75. The molecule has 2 rings (SSSR count). The third kappa shape index (κ3) is 2.76. The Morgan fingerprint density at radius 1 is 1.31 bits per heavy atom. The fourth-order valence-corrected chi connectivity index (χ4v) is 3.22. The van der Waals surface area contributed by atoms with Crippen LogP contribution in [0.15, 0.2) is 0 Å². The van der Waals surface area contributed by atoms with E-state index in [4.69, 9.17) is 0 Å². The number of carbonyl (C=O) groups excluding carboxylic acids is 1. The van der Waals surface area contributed by atoms with Gasteiger partial charge >= 0.3 is 0 Å². The lowest BCUT2D eigenvalue weighted by Gasteiger charge is -2.32. The van der Waals surface area contributed by atoms with Crippen molar-refractivity contribution in [2.24, 2.45) is 5.92 Å². The molecule has 3 heteroatoms. The van der Waals surface area contributed by atoms with E-state index in [-0.39, 0.29) is 0 Å². The summed E-state index contributed by atoms with van der Waals surface area (Å²) < 4.78 is 0. The lowest BCUT2D eigenvalue weighted by atomic mass is 9.92. The monoisotopic (exact) mass is 224 g/mol. The first-order valence-corrected chi connectivity index (χ1v) is 6.69. The van der Waals surface area contributed by atoms with Gasteiger partial charge in [-0.15, -0.1) is 0 Å². The van der Waals surface area contributed by atoms with Gasteiger partial charge in [0.2, 0.25) is 5.91 Å². The van der Waals surface area contributed by atoms with Crippen LogP contribution in [0.4, 0.5) is 0 Å². The molecule has 2 unspecified atom stereocenters. The first kappa shape index (κ1) is 11.9. The van der Waals surface area contributed by atoms with Gasteiger partial charge < -0.3 is 10.2 Å². The molecule has 1 amide bonds. The number of rotatable bonds is 4. The maximum absolute atomic E-state index is 11.7. The summed E-state index contributed by atoms with van der Waals surface area (Å²) in [7, 11) is 1.96. The summed E-state index contributed by atoms with van der Waals surface area (Å²) in [5, 5.41) is 3.64. The summed E-state index contributed by atoms with van der Waals surface area (Å²) in [4.78, 5) is 13.6. The number of nitrogens with zero attached hydrogens (tertiary/aromatic N) is 1. The van der Waals surface area contributed by atoms with Gasteiger partial charge in [0.15, 0.2) is 0 Å². The van der Waals surface area contributed by atoms with Gasteiger partial charge in [0.1, 0.15) is 0 Å². The molecule has 0 radical (unpaired) electrons. The van der Waals surface area contributed by atoms with E-state index >= 15 is 0 Å². The Morgan fingerprint density at radius 3 is 2.50 bits per heavy atom. The standard InChI is InChI=1S/C13H24N2O/c1-3-4-13(16)15(2)9-10-7-11-5-6-12(8-10)14-11/h10-12,14H,3-9H2,1-2H3. The maximum atomic E-state index is 11.7. The van der Waals surface area contributed by atoms with Crippen LogP contribution >= 0.6 is 0 Å². The first-order valence-electron chi connectivity index (χ1n) is 6.69. The quantitative estimate of drug-likeness (QED) is 0.789. The molecule has 0 aliphatic carbocycles. The number of fused-ring (bicyclic) bond motifs is 2. The van der Waals surface area contributed by atoms with Crippen molar-refractivity contribution in [1.82, 2.24) is 10.2 Å². The molecule has 2 saturated heterocycles. The zero-order valence-corrected chi connectivity index (χ0v) is 10.5. The second-order valence-electron chi connectivity index (χ2n) is 5.50. The zero-order valence-electron chi connectivity index (χ0n) is 10.5. The lowest BCUT2D eigenvalue weighted by molar-refractivity contribution is -0.130. The van der Waals surface area contributed by atoms with E-state index in [1.165, 1.54) is 25.7 Å². The average molecular weight is 224 g/mol. The number of amides is 1. The van der Waals surface area contributed by atoms with Crippen molar-refractivity contribution in [1.29, 1.82) is 0 Å². The van der Waals surface area contributed by atoms with Gasteiger partial charge in [-0.2, -0.15) is 0 Å². The van der Waals surface area contributed by atoms with Crippen LogP contribution in [0.25, 0.3) is 0 Å². The van der Waals surface area contributed by atoms with E-state index in [1.807, 2.05) is 11.9 Å². The Bertz CT molecular complexity index is 242. The normalized spacial score (nSPS) is 32.8. The summed E-state index contributed by atoms with van der Waals surface area (Å²) in [6, 6.07) is 1.47. The fourth-order valence-electron chi connectivity index (χ4n) is 3.22. The minimum Gasteiger partial charge on any atom is -0.345 e. The van der Waals surface area contributed by atoms with Crippen molar-refractivity contribution in [3.8, 4) is 0 Å². The lowest BCUT2D eigenvalue weighted by Crippen LogP contribution is -2.42. The molecule has 2 bridgehead atoms. The van der Waals surface area contributed by atoms with Crippen molar-refractivity contribution < 1.29 is 4.79 Å². The van der Waals surface area contributed by atoms with Crippen LogP contribution in [0, 0.1) is 5.92 Å². The van der Waals surface area contributed by atoms with Gasteiger partial charge in [-0.05, 0) is 38.0 Å². The van der Waals surface area contributed by atoms with Gasteiger partial charge in [0.25, 0.3) is 0 Å². The zero-order chi connectivity index (χ0) is 11.5. The molecule has 0 saturated carbocycles. The van der Waals surface area contributed by atoms with Gasteiger partial charge in [-0.3, -0.25) is 4.79 Å². The SMILES string of the molecule is CCCC(=O)N(C)CC1CC2CCC(C1)N2. The average Bonchev–Trinajstić information content (AvgIpc) is 2.58. The summed E-state index contributed by atoms with van der Waals surface area (Å²) in [5.74, 6) is 1.04. The van der Waals surface area contributed by atoms with Gasteiger partial charge in [-0.1, -0.05) is 6.92 Å². The van der Waals surface area contributed by atoms with E-state index in [0.29, 0.717) is 12.3 Å². The molecule has 16 heavy (non-hydrogen) atoms. The maximum Gasteiger partial charge on any atom is 0.222 e. The largest absolute Gasteiger partial charge is 0.345 e. The molecular formula is C13H24N2O. The molecule has 1 N–H and O–H groups in total.